The highest BCUT2D eigenvalue weighted by molar-refractivity contribution is 9.08. The third-order valence-electron chi connectivity index (χ3n) is 3.26. The fourth-order valence-corrected chi connectivity index (χ4v) is 2.64. The van der Waals surface area contributed by atoms with Crippen LogP contribution in [-0.4, -0.2) is 6.61 Å². The van der Waals surface area contributed by atoms with Crippen LogP contribution in [0.2, 0.25) is 0 Å². The van der Waals surface area contributed by atoms with Gasteiger partial charge in [-0.3, -0.25) is 0 Å². The Morgan fingerprint density at radius 1 is 1.19 bits per heavy atom. The standard InChI is InChI=1S/C14H19BrO/c15-10-13-7-4-8-14(9-13)16-11-12-5-2-1-3-6-12/h4,7-9,12H,1-3,5-6,10-11H2. The summed E-state index contributed by atoms with van der Waals surface area (Å²) in [6.45, 7) is 0.895. The Bertz CT molecular complexity index is 318. The van der Waals surface area contributed by atoms with E-state index in [0.717, 1.165) is 23.6 Å². The minimum absolute atomic E-state index is 0.779. The van der Waals surface area contributed by atoms with Crippen LogP contribution >= 0.6 is 15.9 Å². The molecular weight excluding hydrogens is 264 g/mol. The van der Waals surface area contributed by atoms with Gasteiger partial charge in [-0.1, -0.05) is 47.3 Å². The maximum Gasteiger partial charge on any atom is 0.119 e. The van der Waals surface area contributed by atoms with E-state index in [0.29, 0.717) is 0 Å². The number of alkyl halides is 1. The van der Waals surface area contributed by atoms with E-state index in [9.17, 15) is 0 Å². The molecule has 1 fully saturated rings. The minimum Gasteiger partial charge on any atom is -0.493 e. The Balaban J connectivity index is 1.83. The molecule has 88 valence electrons. The van der Waals surface area contributed by atoms with Crippen molar-refractivity contribution in [3.8, 4) is 5.75 Å². The number of ether oxygens (including phenoxy) is 1. The van der Waals surface area contributed by atoms with E-state index in [1.807, 2.05) is 0 Å². The summed E-state index contributed by atoms with van der Waals surface area (Å²) in [5.74, 6) is 1.80. The van der Waals surface area contributed by atoms with Gasteiger partial charge in [0.25, 0.3) is 0 Å². The van der Waals surface area contributed by atoms with Gasteiger partial charge in [0.05, 0.1) is 6.61 Å². The Morgan fingerprint density at radius 3 is 2.75 bits per heavy atom. The fourth-order valence-electron chi connectivity index (χ4n) is 2.29. The Labute approximate surface area is 106 Å². The van der Waals surface area contributed by atoms with Crippen molar-refractivity contribution in [2.24, 2.45) is 5.92 Å². The van der Waals surface area contributed by atoms with Crippen LogP contribution in [0.15, 0.2) is 24.3 Å². The molecule has 0 saturated heterocycles. The molecule has 1 nitrogen and oxygen atoms in total. The molecule has 0 unspecified atom stereocenters. The maximum atomic E-state index is 5.87. The summed E-state index contributed by atoms with van der Waals surface area (Å²) in [6, 6.07) is 8.35. The van der Waals surface area contributed by atoms with Gasteiger partial charge in [-0.2, -0.15) is 0 Å². The highest BCUT2D eigenvalue weighted by Gasteiger charge is 2.13. The first-order valence-electron chi connectivity index (χ1n) is 6.16. The monoisotopic (exact) mass is 282 g/mol. The van der Waals surface area contributed by atoms with E-state index < -0.39 is 0 Å². The van der Waals surface area contributed by atoms with Crippen LogP contribution in [0.3, 0.4) is 0 Å². The normalized spacial score (nSPS) is 17.3. The van der Waals surface area contributed by atoms with Crippen LogP contribution in [0.1, 0.15) is 37.7 Å². The first-order valence-corrected chi connectivity index (χ1v) is 7.28. The average Bonchev–Trinajstić information content (AvgIpc) is 2.38. The van der Waals surface area contributed by atoms with E-state index in [1.165, 1.54) is 37.7 Å². The largest absolute Gasteiger partial charge is 0.493 e. The van der Waals surface area contributed by atoms with E-state index in [-0.39, 0.29) is 0 Å². The van der Waals surface area contributed by atoms with Crippen molar-refractivity contribution in [1.82, 2.24) is 0 Å². The van der Waals surface area contributed by atoms with Gasteiger partial charge in [0.2, 0.25) is 0 Å². The summed E-state index contributed by atoms with van der Waals surface area (Å²) in [6.07, 6.45) is 6.87. The lowest BCUT2D eigenvalue weighted by molar-refractivity contribution is 0.209. The predicted molar refractivity (Wildman–Crippen MR) is 71.1 cm³/mol. The maximum absolute atomic E-state index is 5.87. The molecule has 0 spiro atoms. The van der Waals surface area contributed by atoms with Crippen LogP contribution in [-0.2, 0) is 5.33 Å². The van der Waals surface area contributed by atoms with E-state index in [2.05, 4.69) is 40.2 Å². The number of hydrogen-bond donors (Lipinski definition) is 0. The quantitative estimate of drug-likeness (QED) is 0.737. The van der Waals surface area contributed by atoms with Gasteiger partial charge in [-0.05, 0) is 36.5 Å². The summed E-state index contributed by atoms with van der Waals surface area (Å²) >= 11 is 3.46. The Kier molecular flexibility index (Phi) is 4.70. The lowest BCUT2D eigenvalue weighted by Gasteiger charge is -2.21. The van der Waals surface area contributed by atoms with E-state index in [1.54, 1.807) is 0 Å². The van der Waals surface area contributed by atoms with Crippen molar-refractivity contribution in [1.29, 1.82) is 0 Å². The van der Waals surface area contributed by atoms with Crippen LogP contribution in [0.4, 0.5) is 0 Å². The molecule has 1 aromatic rings. The van der Waals surface area contributed by atoms with Gasteiger partial charge in [0.15, 0.2) is 0 Å². The van der Waals surface area contributed by atoms with Crippen molar-refractivity contribution >= 4 is 15.9 Å². The molecule has 0 N–H and O–H groups in total. The zero-order chi connectivity index (χ0) is 11.2. The highest BCUT2D eigenvalue weighted by atomic mass is 79.9. The summed E-state index contributed by atoms with van der Waals surface area (Å²) < 4.78 is 5.87. The van der Waals surface area contributed by atoms with Crippen LogP contribution in [0.25, 0.3) is 0 Å². The van der Waals surface area contributed by atoms with Crippen LogP contribution < -0.4 is 4.74 Å². The van der Waals surface area contributed by atoms with Crippen molar-refractivity contribution in [2.45, 2.75) is 37.4 Å². The lowest BCUT2D eigenvalue weighted by Crippen LogP contribution is -2.15. The minimum atomic E-state index is 0.779. The molecule has 2 heteroatoms. The average molecular weight is 283 g/mol. The molecule has 2 rings (SSSR count). The second-order valence-electron chi connectivity index (χ2n) is 4.60. The number of benzene rings is 1. The molecule has 0 atom stereocenters. The SMILES string of the molecule is BrCc1cccc(OCC2CCCCC2)c1. The summed E-state index contributed by atoms with van der Waals surface area (Å²) in [7, 11) is 0. The molecule has 1 aliphatic carbocycles. The van der Waals surface area contributed by atoms with E-state index >= 15 is 0 Å². The first kappa shape index (κ1) is 12.0. The zero-order valence-corrected chi connectivity index (χ0v) is 11.2. The Hall–Kier alpha value is -0.500. The molecule has 1 aromatic carbocycles. The van der Waals surface area contributed by atoms with Gasteiger partial charge < -0.3 is 4.74 Å². The molecule has 0 bridgehead atoms. The molecule has 1 aliphatic rings. The fraction of sp³-hybridized carbons (Fsp3) is 0.571. The second kappa shape index (κ2) is 6.29. The van der Waals surface area contributed by atoms with Gasteiger partial charge in [0, 0.05) is 5.33 Å². The second-order valence-corrected chi connectivity index (χ2v) is 5.16. The number of rotatable bonds is 4. The summed E-state index contributed by atoms with van der Waals surface area (Å²) in [5, 5.41) is 0.896. The topological polar surface area (TPSA) is 9.23 Å². The van der Waals surface area contributed by atoms with Gasteiger partial charge >= 0.3 is 0 Å². The summed E-state index contributed by atoms with van der Waals surface area (Å²) in [4.78, 5) is 0. The van der Waals surface area contributed by atoms with Crippen molar-refractivity contribution < 1.29 is 4.74 Å². The molecule has 0 heterocycles. The van der Waals surface area contributed by atoms with Crippen molar-refractivity contribution in [3.05, 3.63) is 29.8 Å². The molecule has 0 amide bonds. The van der Waals surface area contributed by atoms with Crippen LogP contribution in [0.5, 0.6) is 5.75 Å². The smallest absolute Gasteiger partial charge is 0.119 e. The summed E-state index contributed by atoms with van der Waals surface area (Å²) in [5.41, 5.74) is 1.28. The third kappa shape index (κ3) is 3.51. The molecule has 0 aromatic heterocycles. The highest BCUT2D eigenvalue weighted by Crippen LogP contribution is 2.25. The Morgan fingerprint density at radius 2 is 2.00 bits per heavy atom. The van der Waals surface area contributed by atoms with Crippen molar-refractivity contribution in [2.75, 3.05) is 6.61 Å². The molecule has 1 saturated carbocycles. The molecule has 16 heavy (non-hydrogen) atoms. The lowest BCUT2D eigenvalue weighted by atomic mass is 9.90. The molecule has 0 radical (unpaired) electrons. The number of hydrogen-bond acceptors (Lipinski definition) is 1. The van der Waals surface area contributed by atoms with Crippen LogP contribution in [0, 0.1) is 5.92 Å². The zero-order valence-electron chi connectivity index (χ0n) is 9.62. The predicted octanol–water partition coefficient (Wildman–Crippen LogP) is 4.54. The van der Waals surface area contributed by atoms with E-state index in [4.69, 9.17) is 4.74 Å². The molecule has 0 aliphatic heterocycles. The van der Waals surface area contributed by atoms with Gasteiger partial charge in [-0.15, -0.1) is 0 Å². The van der Waals surface area contributed by atoms with Gasteiger partial charge in [-0.25, -0.2) is 0 Å². The number of halogens is 1. The van der Waals surface area contributed by atoms with Gasteiger partial charge in [0.1, 0.15) is 5.75 Å². The molecular formula is C14H19BrO. The third-order valence-corrected chi connectivity index (χ3v) is 3.91. The first-order chi connectivity index (χ1) is 7.88. The van der Waals surface area contributed by atoms with Crippen molar-refractivity contribution in [3.63, 3.8) is 0 Å².